The maximum Gasteiger partial charge on any atom is 0.253 e. The Balaban J connectivity index is 2.22. The summed E-state index contributed by atoms with van der Waals surface area (Å²) in [5.41, 5.74) is -0.408. The lowest BCUT2D eigenvalue weighted by Gasteiger charge is -2.18. The first-order chi connectivity index (χ1) is 8.87. The molecule has 0 unspecified atom stereocenters. The van der Waals surface area contributed by atoms with Gasteiger partial charge in [0.05, 0.1) is 6.54 Å². The highest BCUT2D eigenvalue weighted by Crippen LogP contribution is 2.24. The van der Waals surface area contributed by atoms with Gasteiger partial charge >= 0.3 is 0 Å². The first-order valence-corrected chi connectivity index (χ1v) is 5.88. The summed E-state index contributed by atoms with van der Waals surface area (Å²) < 4.78 is 32.3. The van der Waals surface area contributed by atoms with Crippen LogP contribution in [0.25, 0.3) is 11.5 Å². The zero-order valence-corrected chi connectivity index (χ0v) is 11.0. The molecule has 1 aromatic heterocycles. The minimum absolute atomic E-state index is 0.113. The summed E-state index contributed by atoms with van der Waals surface area (Å²) in [6.07, 6.45) is 0. The molecule has 4 nitrogen and oxygen atoms in total. The van der Waals surface area contributed by atoms with Gasteiger partial charge in [-0.05, 0) is 32.9 Å². The van der Waals surface area contributed by atoms with Crippen LogP contribution in [0.5, 0.6) is 0 Å². The fourth-order valence-corrected chi connectivity index (χ4v) is 1.47. The molecule has 0 saturated heterocycles. The van der Waals surface area contributed by atoms with E-state index in [0.29, 0.717) is 6.54 Å². The van der Waals surface area contributed by atoms with E-state index >= 15 is 0 Å². The van der Waals surface area contributed by atoms with E-state index in [4.69, 9.17) is 4.42 Å². The number of hydrogen-bond acceptors (Lipinski definition) is 4. The molecule has 0 aliphatic rings. The number of hydrogen-bond donors (Lipinski definition) is 1. The molecule has 0 aliphatic heterocycles. The number of rotatable bonds is 3. The number of aromatic nitrogens is 2. The quantitative estimate of drug-likeness (QED) is 0.929. The zero-order valence-electron chi connectivity index (χ0n) is 11.0. The van der Waals surface area contributed by atoms with Crippen LogP contribution < -0.4 is 5.32 Å². The van der Waals surface area contributed by atoms with E-state index in [-0.39, 0.29) is 22.9 Å². The van der Waals surface area contributed by atoms with Crippen LogP contribution in [0.1, 0.15) is 26.7 Å². The molecule has 0 spiro atoms. The van der Waals surface area contributed by atoms with E-state index in [1.54, 1.807) is 0 Å². The van der Waals surface area contributed by atoms with Gasteiger partial charge in [-0.25, -0.2) is 8.78 Å². The summed E-state index contributed by atoms with van der Waals surface area (Å²) in [4.78, 5) is 0. The van der Waals surface area contributed by atoms with Crippen LogP contribution in [0.15, 0.2) is 22.6 Å². The summed E-state index contributed by atoms with van der Waals surface area (Å²) >= 11 is 0. The standard InChI is InChI=1S/C13H15F2N3O/c1-13(2,3)16-7-10-17-18-12(19-10)11-8(14)5-4-6-9(11)15/h4-6,16H,7H2,1-3H3. The van der Waals surface area contributed by atoms with Crippen molar-refractivity contribution in [2.24, 2.45) is 0 Å². The predicted octanol–water partition coefficient (Wildman–Crippen LogP) is 2.90. The minimum atomic E-state index is -0.723. The molecule has 19 heavy (non-hydrogen) atoms. The van der Waals surface area contributed by atoms with Gasteiger partial charge in [0.1, 0.15) is 17.2 Å². The number of halogens is 2. The lowest BCUT2D eigenvalue weighted by atomic mass is 10.1. The van der Waals surface area contributed by atoms with Crippen LogP contribution in [0.2, 0.25) is 0 Å². The van der Waals surface area contributed by atoms with Crippen molar-refractivity contribution in [1.82, 2.24) is 15.5 Å². The van der Waals surface area contributed by atoms with Crippen LogP contribution >= 0.6 is 0 Å². The van der Waals surface area contributed by atoms with Gasteiger partial charge in [-0.3, -0.25) is 0 Å². The minimum Gasteiger partial charge on any atom is -0.419 e. The highest BCUT2D eigenvalue weighted by molar-refractivity contribution is 5.54. The van der Waals surface area contributed by atoms with Gasteiger partial charge in [-0.15, -0.1) is 10.2 Å². The molecule has 6 heteroatoms. The van der Waals surface area contributed by atoms with Crippen LogP contribution in [0.3, 0.4) is 0 Å². The van der Waals surface area contributed by atoms with Gasteiger partial charge in [-0.2, -0.15) is 0 Å². The fourth-order valence-electron chi connectivity index (χ4n) is 1.47. The third-order valence-corrected chi connectivity index (χ3v) is 2.41. The molecule has 2 rings (SSSR count). The van der Waals surface area contributed by atoms with E-state index in [1.165, 1.54) is 6.07 Å². The van der Waals surface area contributed by atoms with Crippen LogP contribution in [-0.2, 0) is 6.54 Å². The van der Waals surface area contributed by atoms with E-state index in [0.717, 1.165) is 12.1 Å². The summed E-state index contributed by atoms with van der Waals surface area (Å²) in [6, 6.07) is 3.58. The first-order valence-electron chi connectivity index (χ1n) is 5.88. The van der Waals surface area contributed by atoms with Gasteiger partial charge in [0, 0.05) is 5.54 Å². The largest absolute Gasteiger partial charge is 0.419 e. The molecule has 1 aromatic carbocycles. The van der Waals surface area contributed by atoms with Crippen molar-refractivity contribution in [3.8, 4) is 11.5 Å². The van der Waals surface area contributed by atoms with E-state index < -0.39 is 11.6 Å². The second kappa shape index (κ2) is 5.05. The summed E-state index contributed by atoms with van der Waals surface area (Å²) in [6.45, 7) is 6.30. The number of nitrogens with one attached hydrogen (secondary N) is 1. The lowest BCUT2D eigenvalue weighted by Crippen LogP contribution is -2.35. The zero-order chi connectivity index (χ0) is 14.0. The molecule has 0 fully saturated rings. The molecule has 0 saturated carbocycles. The van der Waals surface area contributed by atoms with Crippen LogP contribution in [-0.4, -0.2) is 15.7 Å². The number of nitrogens with zero attached hydrogens (tertiary/aromatic N) is 2. The first kappa shape index (κ1) is 13.6. The highest BCUT2D eigenvalue weighted by atomic mass is 19.1. The number of benzene rings is 1. The molecule has 0 amide bonds. The third kappa shape index (κ3) is 3.35. The molecule has 0 radical (unpaired) electrons. The molecular weight excluding hydrogens is 252 g/mol. The summed E-state index contributed by atoms with van der Waals surface area (Å²) in [7, 11) is 0. The molecule has 1 N–H and O–H groups in total. The Labute approximate surface area is 109 Å². The smallest absolute Gasteiger partial charge is 0.253 e. The van der Waals surface area contributed by atoms with Crippen molar-refractivity contribution >= 4 is 0 Å². The topological polar surface area (TPSA) is 51.0 Å². The normalized spacial score (nSPS) is 11.8. The molecule has 0 aliphatic carbocycles. The average Bonchev–Trinajstić information content (AvgIpc) is 2.74. The maximum absolute atomic E-state index is 13.5. The Hall–Kier alpha value is -1.82. The maximum atomic E-state index is 13.5. The molecule has 0 bridgehead atoms. The molecular formula is C13H15F2N3O. The Morgan fingerprint density at radius 1 is 1.16 bits per heavy atom. The van der Waals surface area contributed by atoms with Gasteiger partial charge in [0.2, 0.25) is 5.89 Å². The van der Waals surface area contributed by atoms with Gasteiger partial charge in [0.25, 0.3) is 5.89 Å². The van der Waals surface area contributed by atoms with Crippen molar-refractivity contribution in [3.63, 3.8) is 0 Å². The summed E-state index contributed by atoms with van der Waals surface area (Å²) in [5.74, 6) is -1.31. The fraction of sp³-hybridized carbons (Fsp3) is 0.385. The Bertz CT molecular complexity index is 555. The van der Waals surface area contributed by atoms with Crippen molar-refractivity contribution in [1.29, 1.82) is 0 Å². The molecule has 0 atom stereocenters. The van der Waals surface area contributed by atoms with Crippen molar-refractivity contribution in [2.45, 2.75) is 32.9 Å². The second-order valence-electron chi connectivity index (χ2n) is 5.20. The molecule has 102 valence electrons. The van der Waals surface area contributed by atoms with Crippen molar-refractivity contribution in [2.75, 3.05) is 0 Å². The Morgan fingerprint density at radius 2 is 1.79 bits per heavy atom. The van der Waals surface area contributed by atoms with Gasteiger partial charge < -0.3 is 9.73 Å². The summed E-state index contributed by atoms with van der Waals surface area (Å²) in [5, 5.41) is 10.6. The SMILES string of the molecule is CC(C)(C)NCc1nnc(-c2c(F)cccc2F)o1. The van der Waals surface area contributed by atoms with E-state index in [9.17, 15) is 8.78 Å². The Morgan fingerprint density at radius 3 is 2.37 bits per heavy atom. The Kier molecular flexibility index (Phi) is 3.61. The second-order valence-corrected chi connectivity index (χ2v) is 5.20. The van der Waals surface area contributed by atoms with Gasteiger partial charge in [0.15, 0.2) is 0 Å². The highest BCUT2D eigenvalue weighted by Gasteiger charge is 2.18. The van der Waals surface area contributed by atoms with Crippen molar-refractivity contribution in [3.05, 3.63) is 35.7 Å². The predicted molar refractivity (Wildman–Crippen MR) is 66.2 cm³/mol. The monoisotopic (exact) mass is 267 g/mol. The lowest BCUT2D eigenvalue weighted by molar-refractivity contribution is 0.383. The van der Waals surface area contributed by atoms with Crippen molar-refractivity contribution < 1.29 is 13.2 Å². The van der Waals surface area contributed by atoms with E-state index in [2.05, 4.69) is 15.5 Å². The third-order valence-electron chi connectivity index (χ3n) is 2.41. The molecule has 2 aromatic rings. The van der Waals surface area contributed by atoms with Crippen LogP contribution in [0.4, 0.5) is 8.78 Å². The van der Waals surface area contributed by atoms with Gasteiger partial charge in [-0.1, -0.05) is 6.07 Å². The van der Waals surface area contributed by atoms with E-state index in [1.807, 2.05) is 20.8 Å². The van der Waals surface area contributed by atoms with Crippen LogP contribution in [0, 0.1) is 11.6 Å². The average molecular weight is 267 g/mol. The molecule has 1 heterocycles.